The Hall–Kier alpha value is -1.26. The summed E-state index contributed by atoms with van der Waals surface area (Å²) in [6.07, 6.45) is 3.20. The molecule has 1 rings (SSSR count). The van der Waals surface area contributed by atoms with Crippen LogP contribution in [-0.2, 0) is 4.79 Å². The molecule has 3 N–H and O–H groups in total. The molecule has 0 spiro atoms. The van der Waals surface area contributed by atoms with Crippen LogP contribution in [0.15, 0.2) is 5.16 Å². The molecule has 1 aliphatic rings. The molecule has 0 aromatic carbocycles. The monoisotopic (exact) mass is 241 g/mol. The van der Waals surface area contributed by atoms with Crippen molar-refractivity contribution in [3.63, 3.8) is 0 Å². The highest BCUT2D eigenvalue weighted by molar-refractivity contribution is 6.01. The Kier molecular flexibility index (Phi) is 4.37. The van der Waals surface area contributed by atoms with Gasteiger partial charge in [-0.25, -0.2) is 0 Å². The van der Waals surface area contributed by atoms with Gasteiger partial charge in [-0.3, -0.25) is 4.79 Å². The van der Waals surface area contributed by atoms with Crippen molar-refractivity contribution in [2.45, 2.75) is 40.0 Å². The molecular weight excluding hydrogens is 218 g/mol. The Balaban J connectivity index is 2.57. The van der Waals surface area contributed by atoms with Gasteiger partial charge in [0.25, 0.3) is 0 Å². The zero-order valence-corrected chi connectivity index (χ0v) is 10.9. The first-order valence-corrected chi connectivity index (χ1v) is 6.19. The fourth-order valence-electron chi connectivity index (χ4n) is 2.11. The van der Waals surface area contributed by atoms with Crippen LogP contribution in [0.1, 0.15) is 40.0 Å². The van der Waals surface area contributed by atoms with E-state index in [0.29, 0.717) is 5.41 Å². The second-order valence-electron chi connectivity index (χ2n) is 5.24. The number of oxime groups is 1. The van der Waals surface area contributed by atoms with E-state index < -0.39 is 5.92 Å². The third-order valence-electron chi connectivity index (χ3n) is 4.07. The van der Waals surface area contributed by atoms with Crippen LogP contribution in [-0.4, -0.2) is 34.9 Å². The fourth-order valence-corrected chi connectivity index (χ4v) is 2.11. The van der Waals surface area contributed by atoms with E-state index in [2.05, 4.69) is 19.0 Å². The van der Waals surface area contributed by atoms with E-state index in [0.717, 1.165) is 32.4 Å². The predicted octanol–water partition coefficient (Wildman–Crippen LogP) is 1.41. The highest BCUT2D eigenvalue weighted by Crippen LogP contribution is 2.34. The molecule has 1 aliphatic heterocycles. The third kappa shape index (κ3) is 3.11. The molecule has 1 unspecified atom stereocenters. The van der Waals surface area contributed by atoms with E-state index >= 15 is 0 Å². The number of hydrogen-bond acceptors (Lipinski definition) is 3. The minimum absolute atomic E-state index is 0.0150. The lowest BCUT2D eigenvalue weighted by atomic mass is 9.78. The van der Waals surface area contributed by atoms with E-state index in [1.165, 1.54) is 0 Å². The molecule has 0 aliphatic carbocycles. The zero-order valence-electron chi connectivity index (χ0n) is 10.9. The van der Waals surface area contributed by atoms with Gasteiger partial charge in [-0.1, -0.05) is 25.4 Å². The van der Waals surface area contributed by atoms with Gasteiger partial charge in [-0.15, -0.1) is 0 Å². The van der Waals surface area contributed by atoms with Crippen molar-refractivity contribution < 1.29 is 10.0 Å². The number of piperidine rings is 1. The van der Waals surface area contributed by atoms with E-state index in [1.54, 1.807) is 6.92 Å². The number of hydrogen-bond donors (Lipinski definition) is 2. The Bertz CT molecular complexity index is 307. The molecule has 17 heavy (non-hydrogen) atoms. The lowest BCUT2D eigenvalue weighted by Crippen LogP contribution is -2.46. The molecular formula is C12H23N3O2. The summed E-state index contributed by atoms with van der Waals surface area (Å²) in [5.74, 6) is -0.594. The van der Waals surface area contributed by atoms with E-state index in [4.69, 9.17) is 10.9 Å². The molecule has 5 heteroatoms. The lowest BCUT2D eigenvalue weighted by Gasteiger charge is -2.39. The quantitative estimate of drug-likeness (QED) is 0.339. The average molecular weight is 241 g/mol. The number of carbonyl (C=O) groups excluding carboxylic acids is 1. The van der Waals surface area contributed by atoms with Gasteiger partial charge in [-0.2, -0.15) is 0 Å². The number of nitrogens with two attached hydrogens (primary N) is 1. The van der Waals surface area contributed by atoms with Crippen molar-refractivity contribution in [1.82, 2.24) is 4.90 Å². The molecule has 1 atom stereocenters. The Morgan fingerprint density at radius 1 is 1.53 bits per heavy atom. The van der Waals surface area contributed by atoms with Gasteiger partial charge in [0.2, 0.25) is 5.91 Å². The van der Waals surface area contributed by atoms with Crippen LogP contribution >= 0.6 is 0 Å². The van der Waals surface area contributed by atoms with Crippen LogP contribution in [0, 0.1) is 11.3 Å². The number of amidine groups is 1. The van der Waals surface area contributed by atoms with Crippen molar-refractivity contribution in [2.75, 3.05) is 13.1 Å². The maximum Gasteiger partial charge on any atom is 0.233 e. The maximum atomic E-state index is 12.1. The van der Waals surface area contributed by atoms with Gasteiger partial charge in [0.1, 0.15) is 0 Å². The largest absolute Gasteiger partial charge is 0.409 e. The predicted molar refractivity (Wildman–Crippen MR) is 66.8 cm³/mol. The molecule has 0 aromatic heterocycles. The zero-order chi connectivity index (χ0) is 13.1. The summed E-state index contributed by atoms with van der Waals surface area (Å²) in [5.41, 5.74) is 5.81. The maximum absolute atomic E-state index is 12.1. The normalized spacial score (nSPS) is 22.3. The molecule has 1 saturated heterocycles. The van der Waals surface area contributed by atoms with Crippen LogP contribution in [0.4, 0.5) is 0 Å². The van der Waals surface area contributed by atoms with Crippen molar-refractivity contribution in [2.24, 2.45) is 22.2 Å². The second-order valence-corrected chi connectivity index (χ2v) is 5.24. The summed E-state index contributed by atoms with van der Waals surface area (Å²) in [6, 6.07) is 0. The summed E-state index contributed by atoms with van der Waals surface area (Å²) in [5, 5.41) is 11.5. The van der Waals surface area contributed by atoms with Crippen LogP contribution < -0.4 is 5.73 Å². The number of rotatable bonds is 3. The summed E-state index contributed by atoms with van der Waals surface area (Å²) in [7, 11) is 0. The molecule has 0 aromatic rings. The minimum atomic E-state index is -0.536. The second kappa shape index (κ2) is 5.38. The summed E-state index contributed by atoms with van der Waals surface area (Å²) in [6.45, 7) is 7.67. The Morgan fingerprint density at radius 3 is 2.47 bits per heavy atom. The Morgan fingerprint density at radius 2 is 2.06 bits per heavy atom. The molecule has 5 nitrogen and oxygen atoms in total. The molecule has 1 amide bonds. The van der Waals surface area contributed by atoms with E-state index in [1.807, 2.05) is 4.90 Å². The van der Waals surface area contributed by atoms with Crippen molar-refractivity contribution in [1.29, 1.82) is 0 Å². The van der Waals surface area contributed by atoms with Crippen LogP contribution in [0.5, 0.6) is 0 Å². The lowest BCUT2D eigenvalue weighted by molar-refractivity contribution is -0.135. The van der Waals surface area contributed by atoms with Crippen LogP contribution in [0.2, 0.25) is 0 Å². The summed E-state index contributed by atoms with van der Waals surface area (Å²) >= 11 is 0. The highest BCUT2D eigenvalue weighted by Gasteiger charge is 2.32. The third-order valence-corrected chi connectivity index (χ3v) is 4.07. The van der Waals surface area contributed by atoms with E-state index in [9.17, 15) is 4.79 Å². The van der Waals surface area contributed by atoms with Crippen molar-refractivity contribution in [3.05, 3.63) is 0 Å². The number of likely N-dealkylation sites (tertiary alicyclic amines) is 1. The van der Waals surface area contributed by atoms with E-state index in [-0.39, 0.29) is 11.7 Å². The summed E-state index contributed by atoms with van der Waals surface area (Å²) < 4.78 is 0. The van der Waals surface area contributed by atoms with Gasteiger partial charge < -0.3 is 15.8 Å². The molecule has 0 bridgehead atoms. The smallest absolute Gasteiger partial charge is 0.233 e. The first kappa shape index (κ1) is 13.8. The first-order chi connectivity index (χ1) is 7.93. The number of nitrogens with zero attached hydrogens (tertiary/aromatic N) is 2. The van der Waals surface area contributed by atoms with Gasteiger partial charge in [0.05, 0.1) is 5.92 Å². The van der Waals surface area contributed by atoms with Crippen molar-refractivity contribution >= 4 is 11.7 Å². The number of amides is 1. The highest BCUT2D eigenvalue weighted by atomic mass is 16.4. The molecule has 1 heterocycles. The first-order valence-electron chi connectivity index (χ1n) is 6.19. The van der Waals surface area contributed by atoms with Crippen LogP contribution in [0.3, 0.4) is 0 Å². The molecule has 1 fully saturated rings. The topological polar surface area (TPSA) is 78.9 Å². The average Bonchev–Trinajstić information content (AvgIpc) is 2.37. The van der Waals surface area contributed by atoms with Gasteiger partial charge in [0.15, 0.2) is 5.84 Å². The standard InChI is InChI=1S/C12H23N3O2/c1-4-12(3)5-7-15(8-6-12)11(16)9(2)10(13)14-17/h9,17H,4-8H2,1-3H3,(H2,13,14). The Labute approximate surface area is 103 Å². The minimum Gasteiger partial charge on any atom is -0.409 e. The van der Waals surface area contributed by atoms with Gasteiger partial charge in [0, 0.05) is 13.1 Å². The number of carbonyl (C=O) groups is 1. The van der Waals surface area contributed by atoms with Crippen LogP contribution in [0.25, 0.3) is 0 Å². The summed E-state index contributed by atoms with van der Waals surface area (Å²) in [4.78, 5) is 13.9. The fraction of sp³-hybridized carbons (Fsp3) is 0.833. The van der Waals surface area contributed by atoms with Gasteiger partial charge >= 0.3 is 0 Å². The molecule has 0 radical (unpaired) electrons. The van der Waals surface area contributed by atoms with Crippen molar-refractivity contribution in [3.8, 4) is 0 Å². The molecule has 98 valence electrons. The molecule has 0 saturated carbocycles. The SMILES string of the molecule is CCC1(C)CCN(C(=O)C(C)C(N)=NO)CC1. The van der Waals surface area contributed by atoms with Gasteiger partial charge in [-0.05, 0) is 25.2 Å².